The minimum atomic E-state index is -0.569. The third-order valence-electron chi connectivity index (χ3n) is 2.78. The molecule has 2 rings (SSSR count). The van der Waals surface area contributed by atoms with Crippen molar-refractivity contribution in [2.75, 3.05) is 26.4 Å². The quantitative estimate of drug-likeness (QED) is 0.670. The molecule has 1 aromatic carbocycles. The Balaban J connectivity index is 1.96. The first-order valence-electron chi connectivity index (χ1n) is 5.99. The fraction of sp³-hybridized carbons (Fsp3) is 0.417. The maximum absolute atomic E-state index is 11.9. The lowest BCUT2D eigenvalue weighted by molar-refractivity contribution is -0.384. The summed E-state index contributed by atoms with van der Waals surface area (Å²) in [6.07, 6.45) is -0.190. The summed E-state index contributed by atoms with van der Waals surface area (Å²) in [6.45, 7) is 1.78. The van der Waals surface area contributed by atoms with Crippen LogP contribution in [0, 0.1) is 10.1 Å². The molecule has 8 heteroatoms. The summed E-state index contributed by atoms with van der Waals surface area (Å²) in [6, 6.07) is 3.71. The van der Waals surface area contributed by atoms with Crippen LogP contribution in [0.4, 0.5) is 5.69 Å². The van der Waals surface area contributed by atoms with E-state index in [1.54, 1.807) is 0 Å². The van der Waals surface area contributed by atoms with Crippen molar-refractivity contribution in [2.45, 2.75) is 6.10 Å². The van der Waals surface area contributed by atoms with Crippen LogP contribution in [-0.4, -0.2) is 43.3 Å². The smallest absolute Gasteiger partial charge is 0.270 e. The Morgan fingerprint density at radius 3 is 2.90 bits per heavy atom. The predicted molar refractivity (Wildman–Crippen MR) is 71.0 cm³/mol. The Morgan fingerprint density at radius 1 is 1.50 bits per heavy atom. The lowest BCUT2D eigenvalue weighted by Crippen LogP contribution is -2.39. The van der Waals surface area contributed by atoms with Gasteiger partial charge >= 0.3 is 0 Å². The van der Waals surface area contributed by atoms with Gasteiger partial charge in [-0.05, 0) is 6.07 Å². The first-order chi connectivity index (χ1) is 9.58. The number of benzene rings is 1. The van der Waals surface area contributed by atoms with E-state index in [1.807, 2.05) is 0 Å². The molecule has 1 unspecified atom stereocenters. The normalized spacial score (nSPS) is 18.6. The summed E-state index contributed by atoms with van der Waals surface area (Å²) in [4.78, 5) is 21.9. The maximum atomic E-state index is 11.9. The number of nitrogens with one attached hydrogen (secondary N) is 1. The SMILES string of the molecule is O=C(NCC1COCCO1)c1ccc([N+](=O)[O-])cc1Cl. The monoisotopic (exact) mass is 300 g/mol. The minimum absolute atomic E-state index is 0.0394. The van der Waals surface area contributed by atoms with Crippen LogP contribution < -0.4 is 5.32 Å². The van der Waals surface area contributed by atoms with E-state index in [4.69, 9.17) is 21.1 Å². The molecule has 1 heterocycles. The molecule has 1 aromatic rings. The van der Waals surface area contributed by atoms with E-state index in [0.29, 0.717) is 26.4 Å². The summed E-state index contributed by atoms with van der Waals surface area (Å²) in [7, 11) is 0. The Morgan fingerprint density at radius 2 is 2.30 bits per heavy atom. The Bertz CT molecular complexity index is 517. The molecule has 1 saturated heterocycles. The van der Waals surface area contributed by atoms with E-state index in [1.165, 1.54) is 12.1 Å². The highest BCUT2D eigenvalue weighted by atomic mass is 35.5. The van der Waals surface area contributed by atoms with Crippen LogP contribution in [0.25, 0.3) is 0 Å². The molecule has 1 N–H and O–H groups in total. The zero-order valence-corrected chi connectivity index (χ0v) is 11.3. The number of nitro benzene ring substituents is 1. The molecule has 0 saturated carbocycles. The molecule has 1 aliphatic rings. The van der Waals surface area contributed by atoms with Crippen molar-refractivity contribution in [1.82, 2.24) is 5.32 Å². The first-order valence-corrected chi connectivity index (χ1v) is 6.37. The average molecular weight is 301 g/mol. The molecule has 0 spiro atoms. The third kappa shape index (κ3) is 3.66. The van der Waals surface area contributed by atoms with Gasteiger partial charge in [-0.15, -0.1) is 0 Å². The summed E-state index contributed by atoms with van der Waals surface area (Å²) in [5.41, 5.74) is 0.0320. The fourth-order valence-electron chi connectivity index (χ4n) is 1.76. The zero-order chi connectivity index (χ0) is 14.5. The summed E-state index contributed by atoms with van der Waals surface area (Å²) >= 11 is 5.87. The maximum Gasteiger partial charge on any atom is 0.270 e. The highest BCUT2D eigenvalue weighted by Crippen LogP contribution is 2.22. The van der Waals surface area contributed by atoms with Crippen molar-refractivity contribution >= 4 is 23.2 Å². The molecule has 0 aromatic heterocycles. The van der Waals surface area contributed by atoms with Gasteiger partial charge in [-0.3, -0.25) is 14.9 Å². The predicted octanol–water partition coefficient (Wildman–Crippen LogP) is 1.39. The number of halogens is 1. The molecular formula is C12H13ClN2O5. The van der Waals surface area contributed by atoms with E-state index in [-0.39, 0.29) is 22.4 Å². The van der Waals surface area contributed by atoms with E-state index in [2.05, 4.69) is 5.32 Å². The average Bonchev–Trinajstić information content (AvgIpc) is 2.45. The van der Waals surface area contributed by atoms with Gasteiger partial charge < -0.3 is 14.8 Å². The summed E-state index contributed by atoms with van der Waals surface area (Å²) < 4.78 is 10.6. The number of rotatable bonds is 4. The van der Waals surface area contributed by atoms with Gasteiger partial charge in [-0.2, -0.15) is 0 Å². The van der Waals surface area contributed by atoms with Gasteiger partial charge in [-0.25, -0.2) is 0 Å². The number of nitro groups is 1. The van der Waals surface area contributed by atoms with Crippen LogP contribution in [0.15, 0.2) is 18.2 Å². The van der Waals surface area contributed by atoms with Gasteiger partial charge in [0.2, 0.25) is 0 Å². The molecule has 0 aliphatic carbocycles. The molecule has 7 nitrogen and oxygen atoms in total. The topological polar surface area (TPSA) is 90.7 Å². The van der Waals surface area contributed by atoms with E-state index in [9.17, 15) is 14.9 Å². The van der Waals surface area contributed by atoms with Crippen LogP contribution in [0.1, 0.15) is 10.4 Å². The Kier molecular flexibility index (Phi) is 4.89. The molecule has 1 amide bonds. The van der Waals surface area contributed by atoms with E-state index >= 15 is 0 Å². The molecule has 20 heavy (non-hydrogen) atoms. The van der Waals surface area contributed by atoms with Gasteiger partial charge in [0.25, 0.3) is 11.6 Å². The minimum Gasteiger partial charge on any atom is -0.376 e. The molecule has 1 fully saturated rings. The van der Waals surface area contributed by atoms with Crippen molar-refractivity contribution in [3.63, 3.8) is 0 Å². The number of hydrogen-bond donors (Lipinski definition) is 1. The second kappa shape index (κ2) is 6.65. The molecule has 1 aliphatic heterocycles. The lowest BCUT2D eigenvalue weighted by Gasteiger charge is -2.23. The van der Waals surface area contributed by atoms with Crippen LogP contribution >= 0.6 is 11.6 Å². The van der Waals surface area contributed by atoms with Gasteiger partial charge in [0, 0.05) is 18.7 Å². The lowest BCUT2D eigenvalue weighted by atomic mass is 10.2. The van der Waals surface area contributed by atoms with Crippen LogP contribution in [-0.2, 0) is 9.47 Å². The first kappa shape index (κ1) is 14.7. The van der Waals surface area contributed by atoms with Crippen molar-refractivity contribution < 1.29 is 19.2 Å². The van der Waals surface area contributed by atoms with E-state index < -0.39 is 10.8 Å². The third-order valence-corrected chi connectivity index (χ3v) is 3.10. The number of carbonyl (C=O) groups excluding carboxylic acids is 1. The van der Waals surface area contributed by atoms with Crippen molar-refractivity contribution in [3.05, 3.63) is 38.9 Å². The number of hydrogen-bond acceptors (Lipinski definition) is 5. The van der Waals surface area contributed by atoms with Crippen LogP contribution in [0.5, 0.6) is 0 Å². The molecule has 0 radical (unpaired) electrons. The van der Waals surface area contributed by atoms with Crippen molar-refractivity contribution in [2.24, 2.45) is 0 Å². The van der Waals surface area contributed by atoms with Gasteiger partial charge in [0.05, 0.1) is 41.4 Å². The Hall–Kier alpha value is -1.70. The summed E-state index contributed by atoms with van der Waals surface area (Å²) in [5, 5.41) is 13.3. The molecule has 1 atom stereocenters. The van der Waals surface area contributed by atoms with Gasteiger partial charge in [0.15, 0.2) is 0 Å². The summed E-state index contributed by atoms with van der Waals surface area (Å²) in [5.74, 6) is -0.404. The molecular weight excluding hydrogens is 288 g/mol. The number of nitrogens with zero attached hydrogens (tertiary/aromatic N) is 1. The van der Waals surface area contributed by atoms with Gasteiger partial charge in [-0.1, -0.05) is 11.6 Å². The number of carbonyl (C=O) groups is 1. The van der Waals surface area contributed by atoms with Crippen LogP contribution in [0.3, 0.4) is 0 Å². The number of non-ortho nitro benzene ring substituents is 1. The highest BCUT2D eigenvalue weighted by Gasteiger charge is 2.18. The second-order valence-corrected chi connectivity index (χ2v) is 4.61. The van der Waals surface area contributed by atoms with Crippen LogP contribution in [0.2, 0.25) is 5.02 Å². The highest BCUT2D eigenvalue weighted by molar-refractivity contribution is 6.34. The second-order valence-electron chi connectivity index (χ2n) is 4.20. The zero-order valence-electron chi connectivity index (χ0n) is 10.5. The van der Waals surface area contributed by atoms with Crippen molar-refractivity contribution in [1.29, 1.82) is 0 Å². The Labute approximate surface area is 120 Å². The molecule has 108 valence electrons. The van der Waals surface area contributed by atoms with Crippen molar-refractivity contribution in [3.8, 4) is 0 Å². The standard InChI is InChI=1S/C12H13ClN2O5/c13-11-5-8(15(17)18)1-2-10(11)12(16)14-6-9-7-19-3-4-20-9/h1-2,5,9H,3-4,6-7H2,(H,14,16). The number of amides is 1. The van der Waals surface area contributed by atoms with Gasteiger partial charge in [0.1, 0.15) is 0 Å². The molecule has 0 bridgehead atoms. The van der Waals surface area contributed by atoms with E-state index in [0.717, 1.165) is 6.07 Å². The largest absolute Gasteiger partial charge is 0.376 e. The number of ether oxygens (including phenoxy) is 2. The fourth-order valence-corrected chi connectivity index (χ4v) is 2.02.